The third-order valence-corrected chi connectivity index (χ3v) is 1.93. The Hall–Kier alpha value is -0.220. The number of ether oxygens (including phenoxy) is 2. The number of carbonyl (C=O) groups is 1. The first-order chi connectivity index (χ1) is 6.68. The van der Waals surface area contributed by atoms with E-state index >= 15 is 0 Å². The lowest BCUT2D eigenvalue weighted by Gasteiger charge is -2.06. The summed E-state index contributed by atoms with van der Waals surface area (Å²) >= 11 is 3.97. The lowest BCUT2D eigenvalue weighted by molar-refractivity contribution is -0.142. The Balaban J connectivity index is 3.10. The average molecular weight is 220 g/mol. The van der Waals surface area contributed by atoms with Crippen LogP contribution in [0.4, 0.5) is 0 Å². The first kappa shape index (κ1) is 13.8. The van der Waals surface area contributed by atoms with E-state index in [9.17, 15) is 4.79 Å². The molecular weight excluding hydrogens is 200 g/mol. The highest BCUT2D eigenvalue weighted by molar-refractivity contribution is 7.81. The van der Waals surface area contributed by atoms with Gasteiger partial charge in [-0.1, -0.05) is 0 Å². The fraction of sp³-hybridized carbons (Fsp3) is 0.900. The van der Waals surface area contributed by atoms with Gasteiger partial charge >= 0.3 is 5.97 Å². The molecule has 4 heteroatoms. The van der Waals surface area contributed by atoms with Crippen LogP contribution in [0.15, 0.2) is 0 Å². The summed E-state index contributed by atoms with van der Waals surface area (Å²) < 4.78 is 10.1. The van der Waals surface area contributed by atoms with Crippen molar-refractivity contribution in [2.24, 2.45) is 0 Å². The molecule has 14 heavy (non-hydrogen) atoms. The van der Waals surface area contributed by atoms with Crippen LogP contribution in [-0.2, 0) is 14.3 Å². The van der Waals surface area contributed by atoms with Crippen LogP contribution in [-0.4, -0.2) is 31.0 Å². The Morgan fingerprint density at radius 3 is 2.50 bits per heavy atom. The summed E-state index contributed by atoms with van der Waals surface area (Å²) in [6.07, 6.45) is 2.97. The van der Waals surface area contributed by atoms with Crippen LogP contribution in [0.1, 0.15) is 33.1 Å². The lowest BCUT2D eigenvalue weighted by Crippen LogP contribution is -2.15. The second kappa shape index (κ2) is 9.34. The lowest BCUT2D eigenvalue weighted by atomic mass is 10.2. The quantitative estimate of drug-likeness (QED) is 0.386. The fourth-order valence-electron chi connectivity index (χ4n) is 0.921. The molecule has 3 nitrogen and oxygen atoms in total. The van der Waals surface area contributed by atoms with E-state index in [1.165, 1.54) is 0 Å². The van der Waals surface area contributed by atoms with E-state index in [1.54, 1.807) is 6.92 Å². The van der Waals surface area contributed by atoms with Crippen LogP contribution in [0, 0.1) is 0 Å². The molecule has 0 saturated carbocycles. The number of hydrogen-bond acceptors (Lipinski definition) is 4. The monoisotopic (exact) mass is 220 g/mol. The van der Waals surface area contributed by atoms with E-state index < -0.39 is 0 Å². The first-order valence-corrected chi connectivity index (χ1v) is 5.62. The molecule has 0 fully saturated rings. The van der Waals surface area contributed by atoms with E-state index in [0.29, 0.717) is 6.61 Å². The van der Waals surface area contributed by atoms with Crippen molar-refractivity contribution in [3.8, 4) is 0 Å². The predicted octanol–water partition coefficient (Wildman–Crippen LogP) is 2.05. The van der Waals surface area contributed by atoms with Crippen molar-refractivity contribution in [3.63, 3.8) is 0 Å². The van der Waals surface area contributed by atoms with Crippen LogP contribution in [0.3, 0.4) is 0 Å². The van der Waals surface area contributed by atoms with Gasteiger partial charge in [0.1, 0.15) is 0 Å². The summed E-state index contributed by atoms with van der Waals surface area (Å²) in [4.78, 5) is 11.0. The van der Waals surface area contributed by atoms with E-state index in [1.807, 2.05) is 6.92 Å². The molecule has 0 aromatic rings. The maximum Gasteiger partial charge on any atom is 0.318 e. The van der Waals surface area contributed by atoms with Crippen LogP contribution in [0.2, 0.25) is 0 Å². The van der Waals surface area contributed by atoms with Crippen LogP contribution >= 0.6 is 12.6 Å². The fourth-order valence-corrected chi connectivity index (χ4v) is 0.995. The van der Waals surface area contributed by atoms with Crippen LogP contribution in [0.5, 0.6) is 0 Å². The zero-order valence-electron chi connectivity index (χ0n) is 8.99. The van der Waals surface area contributed by atoms with Crippen molar-refractivity contribution in [2.75, 3.05) is 19.8 Å². The molecule has 84 valence electrons. The number of hydrogen-bond donors (Lipinski definition) is 1. The molecule has 0 aliphatic carbocycles. The zero-order chi connectivity index (χ0) is 10.8. The van der Waals surface area contributed by atoms with Crippen LogP contribution < -0.4 is 0 Å². The van der Waals surface area contributed by atoms with Gasteiger partial charge in [-0.2, -0.15) is 12.6 Å². The topological polar surface area (TPSA) is 35.5 Å². The molecule has 0 amide bonds. The minimum atomic E-state index is -0.321. The molecule has 1 atom stereocenters. The summed E-state index contributed by atoms with van der Waals surface area (Å²) in [5.74, 6) is -0.238. The largest absolute Gasteiger partial charge is 0.465 e. The second-order valence-corrected chi connectivity index (χ2v) is 3.88. The van der Waals surface area contributed by atoms with Crippen molar-refractivity contribution in [1.29, 1.82) is 0 Å². The van der Waals surface area contributed by atoms with Crippen molar-refractivity contribution in [2.45, 2.75) is 38.4 Å². The van der Waals surface area contributed by atoms with Gasteiger partial charge in [0.2, 0.25) is 0 Å². The van der Waals surface area contributed by atoms with Gasteiger partial charge in [0.05, 0.1) is 11.9 Å². The Morgan fingerprint density at radius 1 is 1.29 bits per heavy atom. The van der Waals surface area contributed by atoms with E-state index in [0.717, 1.165) is 32.5 Å². The summed E-state index contributed by atoms with van der Waals surface area (Å²) in [5.41, 5.74) is 0. The molecule has 0 spiro atoms. The zero-order valence-corrected chi connectivity index (χ0v) is 9.89. The van der Waals surface area contributed by atoms with E-state index in [4.69, 9.17) is 9.47 Å². The molecule has 0 aromatic heterocycles. The third kappa shape index (κ3) is 8.38. The summed E-state index contributed by atoms with van der Waals surface area (Å²) in [6, 6.07) is 0. The Bertz CT molecular complexity index is 148. The molecule has 0 aliphatic heterocycles. The number of rotatable bonds is 8. The Kier molecular flexibility index (Phi) is 9.19. The Morgan fingerprint density at radius 2 is 1.93 bits per heavy atom. The standard InChI is InChI=1S/C10H20O3S/c1-3-12-7-5-4-6-8-13-10(11)9(2)14/h9,14H,3-8H2,1-2H3. The maximum absolute atomic E-state index is 11.0. The summed E-state index contributed by atoms with van der Waals surface area (Å²) in [6.45, 7) is 5.76. The maximum atomic E-state index is 11.0. The van der Waals surface area contributed by atoms with Crippen LogP contribution in [0.25, 0.3) is 0 Å². The molecule has 0 heterocycles. The second-order valence-electron chi connectivity index (χ2n) is 3.10. The van der Waals surface area contributed by atoms with E-state index in [2.05, 4.69) is 12.6 Å². The first-order valence-electron chi connectivity index (χ1n) is 5.11. The molecule has 0 aliphatic rings. The van der Waals surface area contributed by atoms with E-state index in [-0.39, 0.29) is 11.2 Å². The molecule has 0 N–H and O–H groups in total. The molecule has 0 bridgehead atoms. The average Bonchev–Trinajstić information content (AvgIpc) is 2.16. The van der Waals surface area contributed by atoms with Crippen molar-refractivity contribution in [1.82, 2.24) is 0 Å². The predicted molar refractivity (Wildman–Crippen MR) is 59.8 cm³/mol. The summed E-state index contributed by atoms with van der Waals surface area (Å²) in [7, 11) is 0. The molecule has 0 radical (unpaired) electrons. The van der Waals surface area contributed by atoms with Gasteiger partial charge < -0.3 is 9.47 Å². The SMILES string of the molecule is CCOCCCCCOC(=O)C(C)S. The van der Waals surface area contributed by atoms with Gasteiger partial charge in [0, 0.05) is 13.2 Å². The molecule has 0 saturated heterocycles. The van der Waals surface area contributed by atoms with Gasteiger partial charge in [-0.05, 0) is 33.1 Å². The van der Waals surface area contributed by atoms with Gasteiger partial charge in [-0.3, -0.25) is 4.79 Å². The number of carbonyl (C=O) groups excluding carboxylic acids is 1. The Labute approximate surface area is 91.6 Å². The minimum Gasteiger partial charge on any atom is -0.465 e. The van der Waals surface area contributed by atoms with Crippen molar-refractivity contribution < 1.29 is 14.3 Å². The summed E-state index contributed by atoms with van der Waals surface area (Å²) in [5, 5.41) is -0.321. The number of unbranched alkanes of at least 4 members (excludes halogenated alkanes) is 2. The van der Waals surface area contributed by atoms with Gasteiger partial charge in [0.25, 0.3) is 0 Å². The normalized spacial score (nSPS) is 12.5. The number of thiol groups is 1. The molecule has 1 unspecified atom stereocenters. The highest BCUT2D eigenvalue weighted by Crippen LogP contribution is 2.00. The molecule has 0 rings (SSSR count). The highest BCUT2D eigenvalue weighted by atomic mass is 32.1. The van der Waals surface area contributed by atoms with Gasteiger partial charge in [0.15, 0.2) is 0 Å². The molecular formula is C10H20O3S. The van der Waals surface area contributed by atoms with Gasteiger partial charge in [-0.25, -0.2) is 0 Å². The third-order valence-electron chi connectivity index (χ3n) is 1.72. The molecule has 0 aromatic carbocycles. The minimum absolute atomic E-state index is 0.238. The smallest absolute Gasteiger partial charge is 0.318 e. The van der Waals surface area contributed by atoms with Gasteiger partial charge in [-0.15, -0.1) is 0 Å². The highest BCUT2D eigenvalue weighted by Gasteiger charge is 2.07. The van der Waals surface area contributed by atoms with Crippen molar-refractivity contribution in [3.05, 3.63) is 0 Å². The number of esters is 1. The van der Waals surface area contributed by atoms with Crippen molar-refractivity contribution >= 4 is 18.6 Å².